The number of piperidine rings is 1. The van der Waals surface area contributed by atoms with Gasteiger partial charge in [0, 0.05) is 12.6 Å². The largest absolute Gasteiger partial charge is 0.480 e. The van der Waals surface area contributed by atoms with Crippen LogP contribution in [-0.2, 0) is 16.2 Å². The molecular weight excluding hydrogens is 302 g/mol. The summed E-state index contributed by atoms with van der Waals surface area (Å²) in [7, 11) is 0. The second-order valence-corrected chi connectivity index (χ2v) is 5.49. The SMILES string of the molecule is Cc1nnn(CCCON[C@@H]2CC[C@@H](C#N)N(CC(=O)O)C2)n1. The zero-order valence-electron chi connectivity index (χ0n) is 13.1. The van der Waals surface area contributed by atoms with E-state index in [1.807, 2.05) is 0 Å². The Labute approximate surface area is 134 Å². The van der Waals surface area contributed by atoms with Crippen molar-refractivity contribution < 1.29 is 14.7 Å². The van der Waals surface area contributed by atoms with Crippen LogP contribution in [-0.4, -0.2) is 68.0 Å². The molecule has 0 bridgehead atoms. The molecule has 2 rings (SSSR count). The average molecular weight is 323 g/mol. The third-order valence-corrected chi connectivity index (χ3v) is 3.58. The first-order valence-electron chi connectivity index (χ1n) is 7.55. The van der Waals surface area contributed by atoms with E-state index >= 15 is 0 Å². The first kappa shape index (κ1) is 17.3. The number of nitriles is 1. The van der Waals surface area contributed by atoms with Crippen LogP contribution in [0.3, 0.4) is 0 Å². The number of hydroxylamine groups is 1. The van der Waals surface area contributed by atoms with Crippen molar-refractivity contribution in [3.05, 3.63) is 5.82 Å². The molecule has 1 aliphatic heterocycles. The van der Waals surface area contributed by atoms with Gasteiger partial charge in [0.05, 0.1) is 31.8 Å². The summed E-state index contributed by atoms with van der Waals surface area (Å²) in [6.07, 6.45) is 2.14. The van der Waals surface area contributed by atoms with E-state index in [9.17, 15) is 4.79 Å². The summed E-state index contributed by atoms with van der Waals surface area (Å²) in [5, 5.41) is 29.7. The smallest absolute Gasteiger partial charge is 0.317 e. The van der Waals surface area contributed by atoms with Gasteiger partial charge in [-0.05, 0) is 31.4 Å². The van der Waals surface area contributed by atoms with Crippen molar-refractivity contribution in [2.45, 2.75) is 44.8 Å². The van der Waals surface area contributed by atoms with Crippen LogP contribution in [0.2, 0.25) is 0 Å². The number of carboxylic acid groups (broad SMARTS) is 1. The van der Waals surface area contributed by atoms with Crippen molar-refractivity contribution in [1.82, 2.24) is 30.6 Å². The molecule has 0 unspecified atom stereocenters. The Morgan fingerprint density at radius 2 is 2.39 bits per heavy atom. The molecule has 1 fully saturated rings. The Morgan fingerprint density at radius 1 is 1.57 bits per heavy atom. The lowest BCUT2D eigenvalue weighted by atomic mass is 10.00. The Hall–Kier alpha value is -2.09. The number of carbonyl (C=O) groups is 1. The monoisotopic (exact) mass is 323 g/mol. The summed E-state index contributed by atoms with van der Waals surface area (Å²) in [4.78, 5) is 19.5. The number of nitrogens with zero attached hydrogens (tertiary/aromatic N) is 6. The summed E-state index contributed by atoms with van der Waals surface area (Å²) >= 11 is 0. The zero-order chi connectivity index (χ0) is 16.7. The van der Waals surface area contributed by atoms with Crippen LogP contribution in [0.1, 0.15) is 25.1 Å². The molecule has 1 aromatic heterocycles. The third-order valence-electron chi connectivity index (χ3n) is 3.58. The van der Waals surface area contributed by atoms with E-state index < -0.39 is 5.97 Å². The minimum atomic E-state index is -0.928. The molecule has 1 saturated heterocycles. The molecule has 0 spiro atoms. The lowest BCUT2D eigenvalue weighted by Crippen LogP contribution is -2.51. The summed E-state index contributed by atoms with van der Waals surface area (Å²) in [5.74, 6) is -0.292. The molecule has 0 aromatic carbocycles. The number of aryl methyl sites for hydroxylation is 2. The van der Waals surface area contributed by atoms with Gasteiger partial charge in [-0.25, -0.2) is 0 Å². The fourth-order valence-electron chi connectivity index (χ4n) is 2.51. The van der Waals surface area contributed by atoms with E-state index in [1.54, 1.807) is 11.8 Å². The van der Waals surface area contributed by atoms with Crippen molar-refractivity contribution >= 4 is 5.97 Å². The van der Waals surface area contributed by atoms with Crippen LogP contribution in [0.25, 0.3) is 0 Å². The highest BCUT2D eigenvalue weighted by Gasteiger charge is 2.29. The minimum Gasteiger partial charge on any atom is -0.480 e. The van der Waals surface area contributed by atoms with Gasteiger partial charge in [0.1, 0.15) is 0 Å². The van der Waals surface area contributed by atoms with Crippen molar-refractivity contribution in [3.63, 3.8) is 0 Å². The number of hydrogen-bond acceptors (Lipinski definition) is 8. The number of aromatic nitrogens is 4. The van der Waals surface area contributed by atoms with E-state index in [2.05, 4.69) is 27.0 Å². The van der Waals surface area contributed by atoms with Crippen LogP contribution < -0.4 is 5.48 Å². The highest BCUT2D eigenvalue weighted by molar-refractivity contribution is 5.69. The van der Waals surface area contributed by atoms with Crippen molar-refractivity contribution in [2.24, 2.45) is 0 Å². The summed E-state index contributed by atoms with van der Waals surface area (Å²) in [6.45, 7) is 3.23. The van der Waals surface area contributed by atoms with Gasteiger partial charge in [-0.2, -0.15) is 15.5 Å². The number of nitrogens with one attached hydrogen (secondary N) is 1. The summed E-state index contributed by atoms with van der Waals surface area (Å²) < 4.78 is 0. The number of rotatable bonds is 8. The fraction of sp³-hybridized carbons (Fsp3) is 0.769. The molecular formula is C13H21N7O3. The van der Waals surface area contributed by atoms with Gasteiger partial charge >= 0.3 is 5.97 Å². The highest BCUT2D eigenvalue weighted by atomic mass is 16.6. The fourth-order valence-corrected chi connectivity index (χ4v) is 2.51. The van der Waals surface area contributed by atoms with Crippen molar-refractivity contribution in [1.29, 1.82) is 5.26 Å². The van der Waals surface area contributed by atoms with E-state index in [-0.39, 0.29) is 18.6 Å². The lowest BCUT2D eigenvalue weighted by molar-refractivity contribution is -0.139. The maximum Gasteiger partial charge on any atom is 0.317 e. The van der Waals surface area contributed by atoms with Gasteiger partial charge in [0.15, 0.2) is 5.82 Å². The first-order valence-corrected chi connectivity index (χ1v) is 7.55. The molecule has 0 saturated carbocycles. The Morgan fingerprint density at radius 3 is 3.04 bits per heavy atom. The Balaban J connectivity index is 1.65. The van der Waals surface area contributed by atoms with Crippen molar-refractivity contribution in [2.75, 3.05) is 19.7 Å². The maximum absolute atomic E-state index is 10.8. The van der Waals surface area contributed by atoms with E-state index in [1.165, 1.54) is 4.80 Å². The topological polar surface area (TPSA) is 129 Å². The predicted molar refractivity (Wildman–Crippen MR) is 77.9 cm³/mol. The Kier molecular flexibility index (Phi) is 6.40. The maximum atomic E-state index is 10.8. The normalized spacial score (nSPS) is 21.9. The van der Waals surface area contributed by atoms with E-state index in [0.29, 0.717) is 31.9 Å². The molecule has 2 N–H and O–H groups in total. The van der Waals surface area contributed by atoms with Crippen molar-refractivity contribution in [3.8, 4) is 6.07 Å². The summed E-state index contributed by atoms with van der Waals surface area (Å²) in [6, 6.07) is 1.83. The van der Waals surface area contributed by atoms with E-state index in [0.717, 1.165) is 12.8 Å². The number of hydrogen-bond donors (Lipinski definition) is 2. The van der Waals surface area contributed by atoms with Crippen LogP contribution in [0, 0.1) is 18.3 Å². The number of tetrazole rings is 1. The molecule has 10 heteroatoms. The quantitative estimate of drug-likeness (QED) is 0.472. The van der Waals surface area contributed by atoms with E-state index in [4.69, 9.17) is 15.2 Å². The van der Waals surface area contributed by atoms with Gasteiger partial charge in [-0.1, -0.05) is 0 Å². The highest BCUT2D eigenvalue weighted by Crippen LogP contribution is 2.16. The third kappa shape index (κ3) is 5.55. The van der Waals surface area contributed by atoms with Gasteiger partial charge < -0.3 is 9.94 Å². The molecule has 0 radical (unpaired) electrons. The number of carboxylic acids is 1. The van der Waals surface area contributed by atoms with Crippen LogP contribution >= 0.6 is 0 Å². The van der Waals surface area contributed by atoms with Gasteiger partial charge in [0.25, 0.3) is 0 Å². The molecule has 1 aromatic rings. The number of aliphatic carboxylic acids is 1. The average Bonchev–Trinajstić information content (AvgIpc) is 2.92. The zero-order valence-corrected chi connectivity index (χ0v) is 13.1. The molecule has 0 aliphatic carbocycles. The molecule has 2 atom stereocenters. The van der Waals surface area contributed by atoms with Crippen LogP contribution in [0.15, 0.2) is 0 Å². The first-order chi connectivity index (χ1) is 11.1. The Bertz CT molecular complexity index is 556. The standard InChI is InChI=1S/C13H21N7O3/c1-10-15-18-20(16-10)5-2-6-23-17-11-3-4-12(7-14)19(8-11)9-13(21)22/h11-12,17H,2-6,8-9H2,1H3,(H,21,22)/t11-,12+/m1/s1. The van der Waals surface area contributed by atoms with Gasteiger partial charge in [-0.15, -0.1) is 10.2 Å². The summed E-state index contributed by atoms with van der Waals surface area (Å²) in [5.41, 5.74) is 2.95. The molecule has 2 heterocycles. The van der Waals surface area contributed by atoms with Crippen LogP contribution in [0.4, 0.5) is 0 Å². The molecule has 1 aliphatic rings. The lowest BCUT2D eigenvalue weighted by Gasteiger charge is -2.35. The second kappa shape index (κ2) is 8.52. The molecule has 0 amide bonds. The molecule has 10 nitrogen and oxygen atoms in total. The second-order valence-electron chi connectivity index (χ2n) is 5.49. The molecule has 23 heavy (non-hydrogen) atoms. The van der Waals surface area contributed by atoms with Crippen LogP contribution in [0.5, 0.6) is 0 Å². The molecule has 126 valence electrons. The predicted octanol–water partition coefficient (Wildman–Crippen LogP) is -0.666. The minimum absolute atomic E-state index is 0.0192. The van der Waals surface area contributed by atoms with Gasteiger partial charge in [0.2, 0.25) is 0 Å². The van der Waals surface area contributed by atoms with Gasteiger partial charge in [-0.3, -0.25) is 9.69 Å². The number of likely N-dealkylation sites (tertiary alicyclic amines) is 1.